The highest BCUT2D eigenvalue weighted by molar-refractivity contribution is 7.00. The molecular weight excluding hydrogens is 605 g/mol. The summed E-state index contributed by atoms with van der Waals surface area (Å²) < 4.78 is 5.16. The van der Waals surface area contributed by atoms with Crippen molar-refractivity contribution in [1.82, 2.24) is 14.1 Å². The third-order valence-electron chi connectivity index (χ3n) is 11.9. The minimum absolute atomic E-state index is 0.0982. The fraction of sp³-hybridized carbons (Fsp3) is 0.0217. The average molecular weight is 632 g/mol. The van der Waals surface area contributed by atoms with Crippen LogP contribution in [0.25, 0.3) is 98.2 Å². The lowest BCUT2D eigenvalue weighted by molar-refractivity contribution is 1.15. The van der Waals surface area contributed by atoms with Crippen LogP contribution in [0.2, 0.25) is 0 Å². The summed E-state index contributed by atoms with van der Waals surface area (Å²) in [5.41, 5.74) is 13.9. The number of aromatic nitrogens is 3. The number of hydrogen-bond donors (Lipinski definition) is 0. The van der Waals surface area contributed by atoms with E-state index in [-0.39, 0.29) is 6.71 Å². The van der Waals surface area contributed by atoms with Crippen molar-refractivity contribution >= 4 is 110 Å². The second kappa shape index (κ2) is 8.60. The summed E-state index contributed by atoms with van der Waals surface area (Å²) in [5, 5.41) is 13.9. The van der Waals surface area contributed by atoms with E-state index in [1.165, 1.54) is 109 Å². The van der Waals surface area contributed by atoms with Gasteiger partial charge in [0.1, 0.15) is 0 Å². The van der Waals surface area contributed by atoms with Crippen LogP contribution < -0.4 is 16.4 Å². The maximum Gasteiger partial charge on any atom is 0.252 e. The number of aryl methyl sites for hydroxylation is 1. The zero-order chi connectivity index (χ0) is 32.4. The summed E-state index contributed by atoms with van der Waals surface area (Å²) in [6.45, 7) is 2.31. The molecule has 13 rings (SSSR count). The smallest absolute Gasteiger partial charge is 0.252 e. The molecule has 228 valence electrons. The fourth-order valence-electron chi connectivity index (χ4n) is 10.1. The van der Waals surface area contributed by atoms with E-state index in [0.29, 0.717) is 0 Å². The van der Waals surface area contributed by atoms with Gasteiger partial charge in [-0.15, -0.1) is 0 Å². The Morgan fingerprint density at radius 2 is 1.10 bits per heavy atom. The van der Waals surface area contributed by atoms with Gasteiger partial charge in [0, 0.05) is 54.7 Å². The van der Waals surface area contributed by atoms with Gasteiger partial charge in [-0.25, -0.2) is 0 Å². The van der Waals surface area contributed by atoms with Gasteiger partial charge in [0.2, 0.25) is 0 Å². The second-order valence-corrected chi connectivity index (χ2v) is 14.3. The molecule has 0 fully saturated rings. The van der Waals surface area contributed by atoms with Gasteiger partial charge in [0.05, 0.1) is 22.2 Å². The lowest BCUT2D eigenvalue weighted by atomic mass is 9.34. The first-order chi connectivity index (χ1) is 24.7. The van der Waals surface area contributed by atoms with Crippen molar-refractivity contribution in [1.29, 1.82) is 0 Å². The Morgan fingerprint density at radius 3 is 1.86 bits per heavy atom. The van der Waals surface area contributed by atoms with Crippen LogP contribution in [0, 0.1) is 6.92 Å². The molecule has 0 radical (unpaired) electrons. The number of pyridine rings is 1. The Hall–Kier alpha value is -6.39. The first-order valence-corrected chi connectivity index (χ1v) is 17.5. The molecule has 0 bridgehead atoms. The molecule has 5 heterocycles. The van der Waals surface area contributed by atoms with E-state index >= 15 is 0 Å². The zero-order valence-electron chi connectivity index (χ0n) is 27.2. The topological polar surface area (TPSA) is 22.8 Å². The molecule has 8 aromatic carbocycles. The van der Waals surface area contributed by atoms with Gasteiger partial charge in [0.15, 0.2) is 0 Å². The molecule has 0 saturated carbocycles. The maximum absolute atomic E-state index is 5.43. The van der Waals surface area contributed by atoms with Crippen molar-refractivity contribution in [3.63, 3.8) is 0 Å². The predicted molar refractivity (Wildman–Crippen MR) is 212 cm³/mol. The Morgan fingerprint density at radius 1 is 0.480 bits per heavy atom. The molecule has 0 saturated heterocycles. The van der Waals surface area contributed by atoms with E-state index in [1.54, 1.807) is 0 Å². The normalized spacial score (nSPS) is 13.3. The summed E-state index contributed by atoms with van der Waals surface area (Å²) in [4.78, 5) is 5.43. The van der Waals surface area contributed by atoms with Crippen LogP contribution in [0.3, 0.4) is 0 Å². The Balaban J connectivity index is 1.33. The molecule has 0 aliphatic carbocycles. The Bertz CT molecular complexity index is 3400. The highest BCUT2D eigenvalue weighted by Gasteiger charge is 2.41. The van der Waals surface area contributed by atoms with E-state index in [4.69, 9.17) is 4.98 Å². The maximum atomic E-state index is 5.43. The molecule has 3 nitrogen and oxygen atoms in total. The molecule has 0 unspecified atom stereocenters. The highest BCUT2D eigenvalue weighted by Crippen LogP contribution is 2.43. The molecule has 2 aliphatic heterocycles. The lowest BCUT2D eigenvalue weighted by Crippen LogP contribution is -2.59. The van der Waals surface area contributed by atoms with Crippen LogP contribution in [0.4, 0.5) is 0 Å². The second-order valence-electron chi connectivity index (χ2n) is 14.3. The SMILES string of the molecule is Cc1nc2cc3ccc4ccccc4c3cc2c2cc3c4c(c12)-n1c2ccccc2c2cccc(c21)B4c1cccc2c4ccccc4n-3c12. The molecule has 0 amide bonds. The number of benzene rings is 8. The molecule has 50 heavy (non-hydrogen) atoms. The van der Waals surface area contributed by atoms with Crippen molar-refractivity contribution < 1.29 is 0 Å². The number of nitrogens with zero attached hydrogens (tertiary/aromatic N) is 3. The van der Waals surface area contributed by atoms with Crippen LogP contribution in [-0.2, 0) is 0 Å². The molecular formula is C46H26BN3. The van der Waals surface area contributed by atoms with Crippen molar-refractivity contribution in [2.45, 2.75) is 6.92 Å². The van der Waals surface area contributed by atoms with Gasteiger partial charge < -0.3 is 9.13 Å². The third-order valence-corrected chi connectivity index (χ3v) is 11.9. The molecule has 0 atom stereocenters. The van der Waals surface area contributed by atoms with Crippen LogP contribution in [0.1, 0.15) is 5.69 Å². The summed E-state index contributed by atoms with van der Waals surface area (Å²) >= 11 is 0. The lowest BCUT2D eigenvalue weighted by Gasteiger charge is -2.35. The first kappa shape index (κ1) is 25.6. The van der Waals surface area contributed by atoms with Crippen molar-refractivity contribution in [2.24, 2.45) is 0 Å². The van der Waals surface area contributed by atoms with Crippen molar-refractivity contribution in [2.75, 3.05) is 0 Å². The van der Waals surface area contributed by atoms with Crippen LogP contribution in [0.5, 0.6) is 0 Å². The number of hydrogen-bond acceptors (Lipinski definition) is 1. The minimum atomic E-state index is 0.0982. The minimum Gasteiger partial charge on any atom is -0.310 e. The van der Waals surface area contributed by atoms with Gasteiger partial charge in [-0.3, -0.25) is 4.98 Å². The number of para-hydroxylation sites is 4. The van der Waals surface area contributed by atoms with Crippen molar-refractivity contribution in [3.05, 3.63) is 145 Å². The quantitative estimate of drug-likeness (QED) is 0.0930. The van der Waals surface area contributed by atoms with Gasteiger partial charge >= 0.3 is 0 Å². The number of rotatable bonds is 0. The predicted octanol–water partition coefficient (Wildman–Crippen LogP) is 9.34. The largest absolute Gasteiger partial charge is 0.310 e. The van der Waals surface area contributed by atoms with Crippen molar-refractivity contribution in [3.8, 4) is 11.4 Å². The van der Waals surface area contributed by atoms with E-state index in [0.717, 1.165) is 11.2 Å². The molecule has 11 aromatic rings. The Labute approximate surface area is 286 Å². The highest BCUT2D eigenvalue weighted by atomic mass is 15.0. The molecule has 0 N–H and O–H groups in total. The zero-order valence-corrected chi connectivity index (χ0v) is 27.2. The van der Waals surface area contributed by atoms with Gasteiger partial charge in [-0.2, -0.15) is 0 Å². The van der Waals surface area contributed by atoms with Crippen LogP contribution >= 0.6 is 0 Å². The molecule has 0 spiro atoms. The molecule has 4 heteroatoms. The monoisotopic (exact) mass is 631 g/mol. The van der Waals surface area contributed by atoms with Gasteiger partial charge in [-0.05, 0) is 80.6 Å². The summed E-state index contributed by atoms with van der Waals surface area (Å²) in [6.07, 6.45) is 0. The van der Waals surface area contributed by atoms with E-state index in [9.17, 15) is 0 Å². The summed E-state index contributed by atoms with van der Waals surface area (Å²) in [6, 6.07) is 52.2. The summed E-state index contributed by atoms with van der Waals surface area (Å²) in [5.74, 6) is 0. The number of fused-ring (bicyclic) bond motifs is 17. The Kier molecular flexibility index (Phi) is 4.41. The van der Waals surface area contributed by atoms with E-state index in [2.05, 4.69) is 156 Å². The van der Waals surface area contributed by atoms with Crippen LogP contribution in [-0.4, -0.2) is 20.8 Å². The van der Waals surface area contributed by atoms with E-state index < -0.39 is 0 Å². The van der Waals surface area contributed by atoms with Crippen LogP contribution in [0.15, 0.2) is 140 Å². The first-order valence-electron chi connectivity index (χ1n) is 17.5. The summed E-state index contributed by atoms with van der Waals surface area (Å²) in [7, 11) is 0. The van der Waals surface area contributed by atoms with Gasteiger partial charge in [-0.1, -0.05) is 109 Å². The standard InChI is InChI=1S/C46H26BN3/c1-25-42-35(34-23-33-27(22-38(34)48-25)21-20-26-10-2-3-11-28(26)33)24-41-43-46(42)50-40-19-7-5-13-30(40)32-15-9-17-37(45(32)50)47(43)36-16-8-14-31-29-12-4-6-18-39(29)49(41)44(31)36/h2-24H,1H3. The molecule has 2 aliphatic rings. The average Bonchev–Trinajstić information content (AvgIpc) is 3.68. The van der Waals surface area contributed by atoms with Gasteiger partial charge in [0.25, 0.3) is 6.71 Å². The van der Waals surface area contributed by atoms with E-state index in [1.807, 2.05) is 0 Å². The molecule has 3 aromatic heterocycles. The fourth-order valence-corrected chi connectivity index (χ4v) is 10.1. The third kappa shape index (κ3) is 2.83.